The van der Waals surface area contributed by atoms with Crippen molar-refractivity contribution in [2.24, 2.45) is 10.9 Å². The topological polar surface area (TPSA) is 107 Å². The minimum Gasteiger partial charge on any atom is -0.467 e. The molecule has 0 amide bonds. The summed E-state index contributed by atoms with van der Waals surface area (Å²) in [5.41, 5.74) is -5.27. The van der Waals surface area contributed by atoms with E-state index in [1.54, 1.807) is 12.1 Å². The number of halogens is 3. The quantitative estimate of drug-likeness (QED) is 0.450. The first-order valence-corrected chi connectivity index (χ1v) is 10.4. The fraction of sp³-hybridized carbons (Fsp3) is 0.688. The molecule has 8 nitrogen and oxygen atoms in total. The molecular weight excluding hydrogens is 401 g/mol. The molecule has 0 aromatic carbocycles. The van der Waals surface area contributed by atoms with E-state index in [4.69, 9.17) is 4.42 Å². The summed E-state index contributed by atoms with van der Waals surface area (Å²) < 4.78 is 66.3. The van der Waals surface area contributed by atoms with Gasteiger partial charge >= 0.3 is 15.5 Å². The number of hydrogen-bond donors (Lipinski definition) is 3. The Hall–Kier alpha value is -1.79. The lowest BCUT2D eigenvalue weighted by Gasteiger charge is -2.31. The van der Waals surface area contributed by atoms with Gasteiger partial charge in [0.15, 0.2) is 5.96 Å². The average molecular weight is 426 g/mol. The summed E-state index contributed by atoms with van der Waals surface area (Å²) in [6.45, 7) is 2.64. The Kier molecular flexibility index (Phi) is 7.72. The van der Waals surface area contributed by atoms with E-state index in [1.165, 1.54) is 6.26 Å². The molecule has 0 spiro atoms. The van der Waals surface area contributed by atoms with Crippen molar-refractivity contribution in [3.05, 3.63) is 24.2 Å². The molecule has 1 aliphatic rings. The third-order valence-corrected chi connectivity index (χ3v) is 6.03. The fourth-order valence-corrected chi connectivity index (χ4v) is 3.82. The van der Waals surface area contributed by atoms with Crippen LogP contribution in [-0.4, -0.2) is 62.0 Å². The van der Waals surface area contributed by atoms with Crippen molar-refractivity contribution < 1.29 is 31.1 Å². The van der Waals surface area contributed by atoms with Crippen LogP contribution >= 0.6 is 0 Å². The van der Waals surface area contributed by atoms with Gasteiger partial charge in [-0.1, -0.05) is 0 Å². The number of guanidine groups is 1. The van der Waals surface area contributed by atoms with Gasteiger partial charge in [-0.3, -0.25) is 4.99 Å². The maximum absolute atomic E-state index is 12.6. The molecule has 1 atom stereocenters. The van der Waals surface area contributed by atoms with Crippen molar-refractivity contribution in [3.63, 3.8) is 0 Å². The van der Waals surface area contributed by atoms with Crippen LogP contribution in [-0.2, 0) is 10.0 Å². The van der Waals surface area contributed by atoms with Crippen LogP contribution < -0.4 is 10.6 Å². The van der Waals surface area contributed by atoms with Crippen LogP contribution in [0.3, 0.4) is 0 Å². The molecule has 1 aliphatic heterocycles. The van der Waals surface area contributed by atoms with Crippen LogP contribution in [0.4, 0.5) is 13.2 Å². The zero-order chi connectivity index (χ0) is 20.8. The number of aliphatic hydroxyl groups is 1. The minimum atomic E-state index is -5.27. The fourth-order valence-electron chi connectivity index (χ4n) is 2.83. The third-order valence-electron chi connectivity index (χ3n) is 4.40. The standard InChI is InChI=1S/C16H25F3N4O4S/c1-2-20-15(22-11-13(24)14-4-3-9-27-14)21-10-12-5-7-23(8-6-12)28(25,26)16(17,18)19/h3-4,9,12-13,24H,2,5-8,10-11H2,1H3,(H2,20,21,22). The molecule has 1 unspecified atom stereocenters. The molecule has 1 saturated heterocycles. The van der Waals surface area contributed by atoms with E-state index in [9.17, 15) is 26.7 Å². The molecule has 2 rings (SSSR count). The number of aliphatic hydroxyl groups excluding tert-OH is 1. The molecular formula is C16H25F3N4O4S. The smallest absolute Gasteiger partial charge is 0.467 e. The van der Waals surface area contributed by atoms with E-state index >= 15 is 0 Å². The highest BCUT2D eigenvalue weighted by atomic mass is 32.2. The zero-order valence-corrected chi connectivity index (χ0v) is 16.3. The van der Waals surface area contributed by atoms with Crippen molar-refractivity contribution in [2.45, 2.75) is 31.4 Å². The largest absolute Gasteiger partial charge is 0.511 e. The molecule has 0 bridgehead atoms. The molecule has 1 aromatic rings. The van der Waals surface area contributed by atoms with Crippen LogP contribution in [0.5, 0.6) is 0 Å². The maximum atomic E-state index is 12.6. The van der Waals surface area contributed by atoms with Gasteiger partial charge in [0, 0.05) is 26.2 Å². The van der Waals surface area contributed by atoms with Crippen LogP contribution in [0.15, 0.2) is 27.8 Å². The lowest BCUT2D eigenvalue weighted by molar-refractivity contribution is -0.0496. The van der Waals surface area contributed by atoms with Crippen molar-refractivity contribution in [3.8, 4) is 0 Å². The first-order valence-electron chi connectivity index (χ1n) is 8.95. The van der Waals surface area contributed by atoms with E-state index in [-0.39, 0.29) is 25.6 Å². The molecule has 28 heavy (non-hydrogen) atoms. The van der Waals surface area contributed by atoms with Gasteiger partial charge in [-0.2, -0.15) is 17.5 Å². The molecule has 0 radical (unpaired) electrons. The van der Waals surface area contributed by atoms with E-state index in [2.05, 4.69) is 15.6 Å². The van der Waals surface area contributed by atoms with Crippen molar-refractivity contribution in [1.82, 2.24) is 14.9 Å². The van der Waals surface area contributed by atoms with Gasteiger partial charge < -0.3 is 20.2 Å². The lowest BCUT2D eigenvalue weighted by Crippen LogP contribution is -2.47. The highest BCUT2D eigenvalue weighted by molar-refractivity contribution is 7.90. The summed E-state index contributed by atoms with van der Waals surface area (Å²) in [4.78, 5) is 4.27. The molecule has 1 aromatic heterocycles. The second-order valence-corrected chi connectivity index (χ2v) is 8.35. The van der Waals surface area contributed by atoms with E-state index in [0.29, 0.717) is 42.0 Å². The number of aliphatic imine (C=N–C) groups is 1. The van der Waals surface area contributed by atoms with Gasteiger partial charge in [0.25, 0.3) is 0 Å². The Labute approximate surface area is 161 Å². The third kappa shape index (κ3) is 5.85. The first-order chi connectivity index (χ1) is 13.1. The van der Waals surface area contributed by atoms with Crippen molar-refractivity contribution in [2.75, 3.05) is 32.7 Å². The SMILES string of the molecule is CCNC(=NCC(O)c1ccco1)NCC1CCN(S(=O)(=O)C(F)(F)F)CC1. The maximum Gasteiger partial charge on any atom is 0.511 e. The predicted molar refractivity (Wildman–Crippen MR) is 96.9 cm³/mol. The van der Waals surface area contributed by atoms with Gasteiger partial charge in [-0.05, 0) is 37.8 Å². The van der Waals surface area contributed by atoms with Crippen molar-refractivity contribution >= 4 is 16.0 Å². The summed E-state index contributed by atoms with van der Waals surface area (Å²) in [5, 5.41) is 16.1. The number of alkyl halides is 3. The molecule has 160 valence electrons. The van der Waals surface area contributed by atoms with Gasteiger partial charge in [0.05, 0.1) is 12.8 Å². The second kappa shape index (κ2) is 9.61. The number of nitrogens with zero attached hydrogens (tertiary/aromatic N) is 2. The highest BCUT2D eigenvalue weighted by Crippen LogP contribution is 2.30. The van der Waals surface area contributed by atoms with Gasteiger partial charge in [-0.15, -0.1) is 0 Å². The number of hydrogen-bond acceptors (Lipinski definition) is 5. The van der Waals surface area contributed by atoms with Crippen LogP contribution in [0.25, 0.3) is 0 Å². The zero-order valence-electron chi connectivity index (χ0n) is 15.4. The summed E-state index contributed by atoms with van der Waals surface area (Å²) in [5.74, 6) is 0.870. The average Bonchev–Trinajstić information content (AvgIpc) is 3.18. The Morgan fingerprint density at radius 1 is 1.39 bits per heavy atom. The van der Waals surface area contributed by atoms with Crippen LogP contribution in [0.2, 0.25) is 0 Å². The molecule has 12 heteroatoms. The Balaban J connectivity index is 1.83. The minimum absolute atomic E-state index is 0.0125. The number of piperidine rings is 1. The summed E-state index contributed by atoms with van der Waals surface area (Å²) in [6, 6.07) is 3.31. The molecule has 0 aliphatic carbocycles. The highest BCUT2D eigenvalue weighted by Gasteiger charge is 2.50. The van der Waals surface area contributed by atoms with Crippen LogP contribution in [0.1, 0.15) is 31.6 Å². The monoisotopic (exact) mass is 426 g/mol. The summed E-state index contributed by atoms with van der Waals surface area (Å²) in [7, 11) is -5.26. The Morgan fingerprint density at radius 2 is 2.07 bits per heavy atom. The van der Waals surface area contributed by atoms with E-state index in [1.807, 2.05) is 6.92 Å². The molecule has 2 heterocycles. The van der Waals surface area contributed by atoms with E-state index in [0.717, 1.165) is 0 Å². The number of rotatable bonds is 7. The Morgan fingerprint density at radius 3 is 2.61 bits per heavy atom. The number of furan rings is 1. The van der Waals surface area contributed by atoms with Crippen molar-refractivity contribution in [1.29, 1.82) is 0 Å². The van der Waals surface area contributed by atoms with Gasteiger partial charge in [-0.25, -0.2) is 8.42 Å². The second-order valence-electron chi connectivity index (χ2n) is 6.42. The molecule has 3 N–H and O–H groups in total. The summed E-state index contributed by atoms with van der Waals surface area (Å²) in [6.07, 6.45) is 1.20. The first kappa shape index (κ1) is 22.5. The number of sulfonamides is 1. The van der Waals surface area contributed by atoms with Gasteiger partial charge in [0.2, 0.25) is 0 Å². The van der Waals surface area contributed by atoms with Crippen LogP contribution in [0, 0.1) is 5.92 Å². The Bertz CT molecular complexity index is 730. The summed E-state index contributed by atoms with van der Waals surface area (Å²) >= 11 is 0. The predicted octanol–water partition coefficient (Wildman–Crippen LogP) is 1.43. The number of nitrogens with one attached hydrogen (secondary N) is 2. The molecule has 1 fully saturated rings. The molecule has 0 saturated carbocycles. The van der Waals surface area contributed by atoms with Gasteiger partial charge in [0.1, 0.15) is 11.9 Å². The lowest BCUT2D eigenvalue weighted by atomic mass is 9.98. The normalized spacial score (nSPS) is 18.8. The van der Waals surface area contributed by atoms with E-state index < -0.39 is 21.6 Å².